The average molecular weight is 670 g/mol. The standard InChI is InChI=1S/C29H21BrINO5/c1-13-3-2-4-17(26(13)34)23-16-9-10-18-24(19(16)11-20-25(23)22(33)12-21(30)27(20)35)29(37)32(28(18)36)15-7-5-14(31)6-8-15/h2-9,12,18-19,23-24,34H,10-11H2,1H3/t18-,19+,23+,24-/m0/s1. The second kappa shape index (κ2) is 8.87. The van der Waals surface area contributed by atoms with Crippen LogP contribution in [-0.4, -0.2) is 28.5 Å². The summed E-state index contributed by atoms with van der Waals surface area (Å²) in [5, 5.41) is 11.0. The fourth-order valence-electron chi connectivity index (χ4n) is 6.32. The molecule has 1 saturated heterocycles. The van der Waals surface area contributed by atoms with Crippen LogP contribution >= 0.6 is 38.5 Å². The number of aryl methyl sites for hydroxylation is 1. The third kappa shape index (κ3) is 3.63. The van der Waals surface area contributed by atoms with Crippen LogP contribution in [0.25, 0.3) is 0 Å². The van der Waals surface area contributed by atoms with Crippen LogP contribution in [-0.2, 0) is 19.2 Å². The molecule has 1 N–H and O–H groups in total. The SMILES string of the molecule is Cc1cccc([C@H]2C3=CC[C@@H]4C(=O)N(c5ccc(I)cc5)C(=O)[C@@H]4[C@@H]3CC3=C2C(=O)C=C(Br)C3=O)c1O. The maximum atomic E-state index is 13.9. The van der Waals surface area contributed by atoms with Gasteiger partial charge in [0.15, 0.2) is 11.6 Å². The van der Waals surface area contributed by atoms with Crippen LogP contribution in [0.3, 0.4) is 0 Å². The number of carbonyl (C=O) groups excluding carboxylic acids is 4. The molecule has 2 amide bonds. The van der Waals surface area contributed by atoms with Crippen LogP contribution in [0, 0.1) is 28.2 Å². The van der Waals surface area contributed by atoms with Crippen LogP contribution in [0.4, 0.5) is 5.69 Å². The summed E-state index contributed by atoms with van der Waals surface area (Å²) in [6.07, 6.45) is 3.79. The van der Waals surface area contributed by atoms with Crippen molar-refractivity contribution in [3.63, 3.8) is 0 Å². The molecule has 6 nitrogen and oxygen atoms in total. The number of Topliss-reactive ketones (excluding diaryl/α,β-unsaturated/α-hetero) is 1. The summed E-state index contributed by atoms with van der Waals surface area (Å²) in [5.41, 5.74) is 3.23. The highest BCUT2D eigenvalue weighted by molar-refractivity contribution is 14.1. The molecule has 37 heavy (non-hydrogen) atoms. The number of para-hydroxylation sites is 1. The Morgan fingerprint density at radius 2 is 1.73 bits per heavy atom. The van der Waals surface area contributed by atoms with Crippen LogP contribution in [0.15, 0.2) is 75.8 Å². The average Bonchev–Trinajstić information content (AvgIpc) is 3.13. The number of ketones is 2. The fraction of sp³-hybridized carbons (Fsp3) is 0.241. The van der Waals surface area contributed by atoms with E-state index in [-0.39, 0.29) is 40.0 Å². The van der Waals surface area contributed by atoms with Crippen molar-refractivity contribution in [3.05, 3.63) is 90.5 Å². The minimum atomic E-state index is -0.668. The Bertz CT molecular complexity index is 1520. The summed E-state index contributed by atoms with van der Waals surface area (Å²) < 4.78 is 1.17. The van der Waals surface area contributed by atoms with E-state index >= 15 is 0 Å². The molecular weight excluding hydrogens is 649 g/mol. The van der Waals surface area contributed by atoms with Gasteiger partial charge < -0.3 is 5.11 Å². The molecule has 186 valence electrons. The lowest BCUT2D eigenvalue weighted by Crippen LogP contribution is -2.39. The maximum absolute atomic E-state index is 13.9. The zero-order valence-electron chi connectivity index (χ0n) is 19.7. The van der Waals surface area contributed by atoms with Crippen LogP contribution in [0.2, 0.25) is 0 Å². The van der Waals surface area contributed by atoms with Crippen molar-refractivity contribution in [1.29, 1.82) is 0 Å². The minimum Gasteiger partial charge on any atom is -0.507 e. The van der Waals surface area contributed by atoms with Crippen molar-refractivity contribution in [3.8, 4) is 5.75 Å². The normalized spacial score (nSPS) is 27.1. The Balaban J connectivity index is 1.50. The van der Waals surface area contributed by atoms with E-state index in [9.17, 15) is 24.3 Å². The number of phenolic OH excluding ortho intramolecular Hbond substituents is 1. The Kier molecular flexibility index (Phi) is 5.87. The van der Waals surface area contributed by atoms with Gasteiger partial charge in [0.2, 0.25) is 11.8 Å². The van der Waals surface area contributed by atoms with Gasteiger partial charge in [-0.2, -0.15) is 0 Å². The number of hydrogen-bond acceptors (Lipinski definition) is 5. The summed E-state index contributed by atoms with van der Waals surface area (Å²) in [7, 11) is 0. The molecule has 2 aromatic rings. The number of fused-ring (bicyclic) bond motifs is 3. The number of halogens is 2. The summed E-state index contributed by atoms with van der Waals surface area (Å²) in [5.74, 6) is -3.35. The molecule has 4 aliphatic rings. The number of amides is 2. The monoisotopic (exact) mass is 669 g/mol. The molecule has 0 unspecified atom stereocenters. The van der Waals surface area contributed by atoms with Gasteiger partial charge in [0.25, 0.3) is 0 Å². The molecule has 2 aromatic carbocycles. The predicted octanol–water partition coefficient (Wildman–Crippen LogP) is 5.27. The number of benzene rings is 2. The number of phenols is 1. The summed E-state index contributed by atoms with van der Waals surface area (Å²) >= 11 is 5.41. The molecule has 8 heteroatoms. The van der Waals surface area contributed by atoms with E-state index in [4.69, 9.17) is 0 Å². The topological polar surface area (TPSA) is 91.8 Å². The highest BCUT2D eigenvalue weighted by atomic mass is 127. The van der Waals surface area contributed by atoms with Gasteiger partial charge in [-0.05, 0) is 94.0 Å². The van der Waals surface area contributed by atoms with Gasteiger partial charge in [-0.15, -0.1) is 0 Å². The highest BCUT2D eigenvalue weighted by Crippen LogP contribution is 2.56. The lowest BCUT2D eigenvalue weighted by molar-refractivity contribution is -0.123. The number of imide groups is 1. The first kappa shape index (κ1) is 24.5. The molecule has 4 atom stereocenters. The number of hydrogen-bond donors (Lipinski definition) is 1. The van der Waals surface area contributed by atoms with Crippen molar-refractivity contribution in [2.24, 2.45) is 17.8 Å². The largest absolute Gasteiger partial charge is 0.507 e. The van der Waals surface area contributed by atoms with Gasteiger partial charge in [0.05, 0.1) is 22.0 Å². The maximum Gasteiger partial charge on any atom is 0.238 e. The van der Waals surface area contributed by atoms with Gasteiger partial charge in [0, 0.05) is 32.3 Å². The number of aromatic hydroxyl groups is 1. The van der Waals surface area contributed by atoms with Crippen molar-refractivity contribution < 1.29 is 24.3 Å². The molecule has 1 fully saturated rings. The molecule has 0 saturated carbocycles. The summed E-state index contributed by atoms with van der Waals surface area (Å²) in [4.78, 5) is 55.2. The van der Waals surface area contributed by atoms with Crippen molar-refractivity contribution in [1.82, 2.24) is 0 Å². The lowest BCUT2D eigenvalue weighted by Gasteiger charge is -2.42. The molecule has 3 aliphatic carbocycles. The van der Waals surface area contributed by atoms with Crippen molar-refractivity contribution >= 4 is 67.6 Å². The molecule has 6 rings (SSSR count). The molecule has 0 radical (unpaired) electrons. The van der Waals surface area contributed by atoms with Crippen molar-refractivity contribution in [2.45, 2.75) is 25.7 Å². The number of carbonyl (C=O) groups is 4. The molecular formula is C29H21BrINO5. The van der Waals surface area contributed by atoms with Crippen LogP contribution in [0.1, 0.15) is 29.9 Å². The van der Waals surface area contributed by atoms with E-state index in [0.29, 0.717) is 34.4 Å². The van der Waals surface area contributed by atoms with Gasteiger partial charge in [-0.1, -0.05) is 29.8 Å². The number of rotatable bonds is 2. The second-order valence-electron chi connectivity index (χ2n) is 9.89. The van der Waals surface area contributed by atoms with Crippen LogP contribution in [0.5, 0.6) is 5.75 Å². The molecule has 1 aliphatic heterocycles. The second-order valence-corrected chi connectivity index (χ2v) is 12.0. The first-order chi connectivity index (χ1) is 17.7. The minimum absolute atomic E-state index is 0.0613. The van der Waals surface area contributed by atoms with Gasteiger partial charge in [0.1, 0.15) is 5.75 Å². The van der Waals surface area contributed by atoms with E-state index in [1.165, 1.54) is 11.0 Å². The quantitative estimate of drug-likeness (QED) is 0.204. The smallest absolute Gasteiger partial charge is 0.238 e. The van der Waals surface area contributed by atoms with E-state index in [0.717, 1.165) is 9.14 Å². The van der Waals surface area contributed by atoms with E-state index in [1.54, 1.807) is 31.2 Å². The van der Waals surface area contributed by atoms with Gasteiger partial charge >= 0.3 is 0 Å². The number of allylic oxidation sites excluding steroid dienone is 6. The molecule has 1 heterocycles. The zero-order chi connectivity index (χ0) is 26.2. The van der Waals surface area contributed by atoms with Gasteiger partial charge in [-0.3, -0.25) is 24.1 Å². The van der Waals surface area contributed by atoms with Gasteiger partial charge in [-0.25, -0.2) is 0 Å². The summed E-state index contributed by atoms with van der Waals surface area (Å²) in [6, 6.07) is 12.6. The Hall–Kier alpha value is -2.85. The van der Waals surface area contributed by atoms with E-state index in [2.05, 4.69) is 38.5 Å². The third-order valence-corrected chi connectivity index (χ3v) is 9.30. The number of nitrogens with zero attached hydrogens (tertiary/aromatic N) is 1. The zero-order valence-corrected chi connectivity index (χ0v) is 23.4. The first-order valence-corrected chi connectivity index (χ1v) is 13.9. The predicted molar refractivity (Wildman–Crippen MR) is 149 cm³/mol. The molecule has 0 bridgehead atoms. The Labute approximate surface area is 235 Å². The summed E-state index contributed by atoms with van der Waals surface area (Å²) in [6.45, 7) is 1.78. The molecule has 0 aromatic heterocycles. The number of anilines is 1. The van der Waals surface area contributed by atoms with Crippen LogP contribution < -0.4 is 4.90 Å². The van der Waals surface area contributed by atoms with E-state index in [1.807, 2.05) is 24.3 Å². The van der Waals surface area contributed by atoms with E-state index < -0.39 is 23.7 Å². The van der Waals surface area contributed by atoms with Crippen molar-refractivity contribution in [2.75, 3.05) is 4.90 Å². The lowest BCUT2D eigenvalue weighted by atomic mass is 9.59. The Morgan fingerprint density at radius 3 is 2.46 bits per heavy atom. The fourth-order valence-corrected chi connectivity index (χ4v) is 7.13. The Morgan fingerprint density at radius 1 is 1.00 bits per heavy atom. The highest BCUT2D eigenvalue weighted by Gasteiger charge is 2.56. The first-order valence-electron chi connectivity index (χ1n) is 12.0. The third-order valence-electron chi connectivity index (χ3n) is 8.00. The molecule has 0 spiro atoms.